The van der Waals surface area contributed by atoms with Crippen molar-refractivity contribution in [3.63, 3.8) is 0 Å². The number of rotatable bonds is 3. The standard InChI is InChI=1S/C11H14N2O3S/c14-9-3-1-2-4-10(9)17-11-6-5-8(7-12-11)13(15)16/h5-7,9-10,14H,1-4H2. The Labute approximate surface area is 103 Å². The maximum absolute atomic E-state index is 10.5. The van der Waals surface area contributed by atoms with E-state index in [0.717, 1.165) is 30.7 Å². The van der Waals surface area contributed by atoms with Gasteiger partial charge in [0.25, 0.3) is 5.69 Å². The average Bonchev–Trinajstić information content (AvgIpc) is 2.33. The zero-order valence-electron chi connectivity index (χ0n) is 9.28. The molecule has 0 bridgehead atoms. The Kier molecular flexibility index (Phi) is 3.96. The molecule has 17 heavy (non-hydrogen) atoms. The van der Waals surface area contributed by atoms with Crippen LogP contribution in [0.2, 0.25) is 0 Å². The third kappa shape index (κ3) is 3.17. The maximum Gasteiger partial charge on any atom is 0.287 e. The van der Waals surface area contributed by atoms with Gasteiger partial charge in [-0.3, -0.25) is 10.1 Å². The second-order valence-electron chi connectivity index (χ2n) is 4.12. The molecular formula is C11H14N2O3S. The van der Waals surface area contributed by atoms with Crippen molar-refractivity contribution >= 4 is 17.4 Å². The summed E-state index contributed by atoms with van der Waals surface area (Å²) in [6, 6.07) is 3.09. The molecule has 1 aromatic heterocycles. The van der Waals surface area contributed by atoms with Gasteiger partial charge in [-0.15, -0.1) is 11.8 Å². The van der Waals surface area contributed by atoms with Crippen LogP contribution < -0.4 is 0 Å². The van der Waals surface area contributed by atoms with Crippen LogP contribution in [0.3, 0.4) is 0 Å². The Hall–Kier alpha value is -1.14. The summed E-state index contributed by atoms with van der Waals surface area (Å²) in [7, 11) is 0. The summed E-state index contributed by atoms with van der Waals surface area (Å²) in [5.41, 5.74) is -0.00135. The van der Waals surface area contributed by atoms with E-state index in [1.54, 1.807) is 6.07 Å². The minimum atomic E-state index is -0.461. The first-order valence-electron chi connectivity index (χ1n) is 5.62. The molecule has 1 aliphatic rings. The number of nitro groups is 1. The molecule has 1 heterocycles. The third-order valence-electron chi connectivity index (χ3n) is 2.87. The van der Waals surface area contributed by atoms with Gasteiger partial charge < -0.3 is 5.11 Å². The maximum atomic E-state index is 10.5. The van der Waals surface area contributed by atoms with Crippen molar-refractivity contribution in [1.29, 1.82) is 0 Å². The van der Waals surface area contributed by atoms with E-state index < -0.39 is 4.92 Å². The fourth-order valence-electron chi connectivity index (χ4n) is 1.92. The Bertz CT molecular complexity index is 396. The molecule has 0 aliphatic heterocycles. The minimum Gasteiger partial charge on any atom is -0.392 e. The van der Waals surface area contributed by atoms with Gasteiger partial charge in [0, 0.05) is 11.3 Å². The normalized spacial score (nSPS) is 24.5. The number of hydrogen-bond acceptors (Lipinski definition) is 5. The fraction of sp³-hybridized carbons (Fsp3) is 0.545. The lowest BCUT2D eigenvalue weighted by atomic mass is 9.97. The summed E-state index contributed by atoms with van der Waals surface area (Å²) >= 11 is 1.51. The predicted molar refractivity (Wildman–Crippen MR) is 65.0 cm³/mol. The van der Waals surface area contributed by atoms with Gasteiger partial charge in [0.2, 0.25) is 0 Å². The number of aliphatic hydroxyl groups excluding tert-OH is 1. The minimum absolute atomic E-state index is 0.00135. The first kappa shape index (κ1) is 12.3. The number of hydrogen-bond donors (Lipinski definition) is 1. The average molecular weight is 254 g/mol. The van der Waals surface area contributed by atoms with Crippen LogP contribution in [0.15, 0.2) is 23.4 Å². The van der Waals surface area contributed by atoms with Crippen molar-refractivity contribution in [2.24, 2.45) is 0 Å². The van der Waals surface area contributed by atoms with Crippen molar-refractivity contribution in [3.8, 4) is 0 Å². The van der Waals surface area contributed by atoms with Gasteiger partial charge >= 0.3 is 0 Å². The van der Waals surface area contributed by atoms with Crippen LogP contribution in [0, 0.1) is 10.1 Å². The molecule has 2 atom stereocenters. The van der Waals surface area contributed by atoms with E-state index in [1.165, 1.54) is 24.0 Å². The number of aromatic nitrogens is 1. The monoisotopic (exact) mass is 254 g/mol. The topological polar surface area (TPSA) is 76.3 Å². The fourth-order valence-corrected chi connectivity index (χ4v) is 3.07. The van der Waals surface area contributed by atoms with Crippen LogP contribution >= 0.6 is 11.8 Å². The van der Waals surface area contributed by atoms with Crippen LogP contribution in [-0.2, 0) is 0 Å². The van der Waals surface area contributed by atoms with E-state index >= 15 is 0 Å². The quantitative estimate of drug-likeness (QED) is 0.662. The van der Waals surface area contributed by atoms with E-state index in [0.29, 0.717) is 0 Å². The van der Waals surface area contributed by atoms with E-state index in [-0.39, 0.29) is 17.0 Å². The molecule has 5 nitrogen and oxygen atoms in total. The summed E-state index contributed by atoms with van der Waals surface area (Å²) in [5, 5.41) is 21.2. The van der Waals surface area contributed by atoms with Crippen LogP contribution in [-0.4, -0.2) is 26.4 Å². The lowest BCUT2D eigenvalue weighted by Crippen LogP contribution is -2.26. The second-order valence-corrected chi connectivity index (χ2v) is 5.38. The molecule has 1 aliphatic carbocycles. The van der Waals surface area contributed by atoms with Crippen molar-refractivity contribution in [2.45, 2.75) is 42.1 Å². The molecule has 1 fully saturated rings. The SMILES string of the molecule is O=[N+]([O-])c1ccc(SC2CCCCC2O)nc1. The lowest BCUT2D eigenvalue weighted by molar-refractivity contribution is -0.385. The van der Waals surface area contributed by atoms with E-state index in [1.807, 2.05) is 0 Å². The molecule has 0 saturated heterocycles. The van der Waals surface area contributed by atoms with Gasteiger partial charge in [-0.25, -0.2) is 4.98 Å². The van der Waals surface area contributed by atoms with Gasteiger partial charge in [-0.1, -0.05) is 12.8 Å². The molecule has 0 spiro atoms. The summed E-state index contributed by atoms with van der Waals surface area (Å²) in [4.78, 5) is 14.1. The Morgan fingerprint density at radius 1 is 1.41 bits per heavy atom. The number of pyridine rings is 1. The number of nitrogens with zero attached hydrogens (tertiary/aromatic N) is 2. The molecule has 92 valence electrons. The summed E-state index contributed by atoms with van der Waals surface area (Å²) in [5.74, 6) is 0. The number of aliphatic hydroxyl groups is 1. The second kappa shape index (κ2) is 5.46. The first-order chi connectivity index (χ1) is 8.16. The highest BCUT2D eigenvalue weighted by Crippen LogP contribution is 2.33. The Balaban J connectivity index is 2.00. The van der Waals surface area contributed by atoms with Crippen molar-refractivity contribution in [3.05, 3.63) is 28.4 Å². The molecule has 0 radical (unpaired) electrons. The first-order valence-corrected chi connectivity index (χ1v) is 6.50. The van der Waals surface area contributed by atoms with E-state index in [9.17, 15) is 15.2 Å². The highest BCUT2D eigenvalue weighted by atomic mass is 32.2. The van der Waals surface area contributed by atoms with Crippen LogP contribution in [0.5, 0.6) is 0 Å². The number of thioether (sulfide) groups is 1. The van der Waals surface area contributed by atoms with Gasteiger partial charge in [-0.2, -0.15) is 0 Å². The molecule has 0 amide bonds. The van der Waals surface area contributed by atoms with Crippen molar-refractivity contribution in [1.82, 2.24) is 4.98 Å². The van der Waals surface area contributed by atoms with Gasteiger partial charge in [0.05, 0.1) is 16.1 Å². The zero-order chi connectivity index (χ0) is 12.3. The predicted octanol–water partition coefficient (Wildman–Crippen LogP) is 2.39. The summed E-state index contributed by atoms with van der Waals surface area (Å²) in [6.45, 7) is 0. The highest BCUT2D eigenvalue weighted by Gasteiger charge is 2.24. The Morgan fingerprint density at radius 3 is 2.76 bits per heavy atom. The van der Waals surface area contributed by atoms with E-state index in [2.05, 4.69) is 4.98 Å². The van der Waals surface area contributed by atoms with Crippen LogP contribution in [0.4, 0.5) is 5.69 Å². The largest absolute Gasteiger partial charge is 0.392 e. The van der Waals surface area contributed by atoms with Crippen LogP contribution in [0.25, 0.3) is 0 Å². The van der Waals surface area contributed by atoms with Crippen LogP contribution in [0.1, 0.15) is 25.7 Å². The summed E-state index contributed by atoms with van der Waals surface area (Å²) < 4.78 is 0. The third-order valence-corrected chi connectivity index (χ3v) is 4.21. The van der Waals surface area contributed by atoms with Crippen molar-refractivity contribution in [2.75, 3.05) is 0 Å². The molecule has 2 unspecified atom stereocenters. The lowest BCUT2D eigenvalue weighted by Gasteiger charge is -2.26. The Morgan fingerprint density at radius 2 is 2.18 bits per heavy atom. The van der Waals surface area contributed by atoms with Gasteiger partial charge in [-0.05, 0) is 18.9 Å². The molecule has 1 aromatic rings. The highest BCUT2D eigenvalue weighted by molar-refractivity contribution is 7.99. The molecule has 1 N–H and O–H groups in total. The molecule has 6 heteroatoms. The zero-order valence-corrected chi connectivity index (χ0v) is 10.1. The van der Waals surface area contributed by atoms with E-state index in [4.69, 9.17) is 0 Å². The molecule has 2 rings (SSSR count). The molecule has 0 aromatic carbocycles. The smallest absolute Gasteiger partial charge is 0.287 e. The van der Waals surface area contributed by atoms with Gasteiger partial charge in [0.1, 0.15) is 6.20 Å². The molecular weight excluding hydrogens is 240 g/mol. The summed E-state index contributed by atoms with van der Waals surface area (Å²) in [6.07, 6.45) is 4.99. The van der Waals surface area contributed by atoms with Gasteiger partial charge in [0.15, 0.2) is 0 Å². The molecule has 1 saturated carbocycles. The van der Waals surface area contributed by atoms with Crippen molar-refractivity contribution < 1.29 is 10.0 Å².